The van der Waals surface area contributed by atoms with E-state index >= 15 is 0 Å². The standard InChI is InChI=1S/C12H12BrN3O/c13-11-4-2-10(3-5-11)12(17)14-7-9-16-8-1-6-15-16/h1-6,8H,7,9H2,(H,14,17). The van der Waals surface area contributed by atoms with Crippen molar-refractivity contribution >= 4 is 21.8 Å². The van der Waals surface area contributed by atoms with E-state index in [1.165, 1.54) is 0 Å². The van der Waals surface area contributed by atoms with Gasteiger partial charge in [-0.15, -0.1) is 0 Å². The maximum atomic E-state index is 11.7. The van der Waals surface area contributed by atoms with Crippen LogP contribution in [-0.2, 0) is 6.54 Å². The molecular formula is C12H12BrN3O. The molecular weight excluding hydrogens is 282 g/mol. The van der Waals surface area contributed by atoms with Crippen molar-refractivity contribution in [3.63, 3.8) is 0 Å². The maximum absolute atomic E-state index is 11.7. The lowest BCUT2D eigenvalue weighted by Gasteiger charge is -2.05. The van der Waals surface area contributed by atoms with Gasteiger partial charge in [-0.1, -0.05) is 15.9 Å². The van der Waals surface area contributed by atoms with E-state index in [4.69, 9.17) is 0 Å². The number of halogens is 1. The fourth-order valence-electron chi connectivity index (χ4n) is 1.42. The summed E-state index contributed by atoms with van der Waals surface area (Å²) in [5.74, 6) is -0.0651. The Labute approximate surface area is 108 Å². The molecule has 0 unspecified atom stereocenters. The van der Waals surface area contributed by atoms with E-state index in [0.717, 1.165) is 4.47 Å². The summed E-state index contributed by atoms with van der Waals surface area (Å²) < 4.78 is 2.74. The first-order valence-electron chi connectivity index (χ1n) is 5.27. The molecule has 0 aliphatic carbocycles. The normalized spacial score (nSPS) is 10.2. The Morgan fingerprint density at radius 2 is 2.12 bits per heavy atom. The summed E-state index contributed by atoms with van der Waals surface area (Å²) in [6.45, 7) is 1.24. The Morgan fingerprint density at radius 1 is 1.35 bits per heavy atom. The molecule has 1 heterocycles. The maximum Gasteiger partial charge on any atom is 0.251 e. The van der Waals surface area contributed by atoms with E-state index < -0.39 is 0 Å². The Bertz CT molecular complexity index is 479. The van der Waals surface area contributed by atoms with E-state index in [1.807, 2.05) is 24.4 Å². The number of hydrogen-bond donors (Lipinski definition) is 1. The summed E-state index contributed by atoms with van der Waals surface area (Å²) in [5.41, 5.74) is 0.661. The number of aromatic nitrogens is 2. The van der Waals surface area contributed by atoms with Crippen molar-refractivity contribution in [2.75, 3.05) is 6.54 Å². The van der Waals surface area contributed by atoms with Gasteiger partial charge in [-0.2, -0.15) is 5.10 Å². The van der Waals surface area contributed by atoms with Crippen LogP contribution in [0.3, 0.4) is 0 Å². The van der Waals surface area contributed by atoms with Crippen LogP contribution in [0.15, 0.2) is 47.2 Å². The number of nitrogens with zero attached hydrogens (tertiary/aromatic N) is 2. The molecule has 0 radical (unpaired) electrons. The van der Waals surface area contributed by atoms with Crippen molar-refractivity contribution in [3.8, 4) is 0 Å². The van der Waals surface area contributed by atoms with Crippen molar-refractivity contribution in [1.29, 1.82) is 0 Å². The highest BCUT2D eigenvalue weighted by Crippen LogP contribution is 2.10. The lowest BCUT2D eigenvalue weighted by molar-refractivity contribution is 0.0952. The minimum atomic E-state index is -0.0651. The molecule has 0 spiro atoms. The molecule has 0 bridgehead atoms. The zero-order valence-corrected chi connectivity index (χ0v) is 10.7. The van der Waals surface area contributed by atoms with Crippen LogP contribution < -0.4 is 5.32 Å². The monoisotopic (exact) mass is 293 g/mol. The average molecular weight is 294 g/mol. The first kappa shape index (κ1) is 11.9. The average Bonchev–Trinajstić information content (AvgIpc) is 2.83. The fraction of sp³-hybridized carbons (Fsp3) is 0.167. The largest absolute Gasteiger partial charge is 0.350 e. The molecule has 5 heteroatoms. The Hall–Kier alpha value is -1.62. The number of amides is 1. The van der Waals surface area contributed by atoms with Gasteiger partial charge in [0.2, 0.25) is 0 Å². The van der Waals surface area contributed by atoms with Crippen LogP contribution in [-0.4, -0.2) is 22.2 Å². The fourth-order valence-corrected chi connectivity index (χ4v) is 1.68. The van der Waals surface area contributed by atoms with E-state index in [2.05, 4.69) is 26.3 Å². The van der Waals surface area contributed by atoms with E-state index in [0.29, 0.717) is 18.7 Å². The SMILES string of the molecule is O=C(NCCn1cccn1)c1ccc(Br)cc1. The summed E-state index contributed by atoms with van der Waals surface area (Å²) in [6, 6.07) is 9.13. The van der Waals surface area contributed by atoms with Gasteiger partial charge >= 0.3 is 0 Å². The molecule has 0 aliphatic heterocycles. The van der Waals surface area contributed by atoms with Crippen molar-refractivity contribution < 1.29 is 4.79 Å². The van der Waals surface area contributed by atoms with Crippen LogP contribution in [0.5, 0.6) is 0 Å². The highest BCUT2D eigenvalue weighted by atomic mass is 79.9. The van der Waals surface area contributed by atoms with Gasteiger partial charge in [-0.3, -0.25) is 9.48 Å². The number of hydrogen-bond acceptors (Lipinski definition) is 2. The summed E-state index contributed by atoms with van der Waals surface area (Å²) in [5, 5.41) is 6.90. The van der Waals surface area contributed by atoms with Crippen molar-refractivity contribution in [2.45, 2.75) is 6.54 Å². The van der Waals surface area contributed by atoms with Crippen molar-refractivity contribution in [1.82, 2.24) is 15.1 Å². The third-order valence-corrected chi connectivity index (χ3v) is 2.82. The van der Waals surface area contributed by atoms with Crippen LogP contribution in [0.25, 0.3) is 0 Å². The van der Waals surface area contributed by atoms with Gasteiger partial charge < -0.3 is 5.32 Å². The topological polar surface area (TPSA) is 46.9 Å². The molecule has 17 heavy (non-hydrogen) atoms. The Kier molecular flexibility index (Phi) is 3.93. The van der Waals surface area contributed by atoms with Crippen LogP contribution in [0.1, 0.15) is 10.4 Å². The van der Waals surface area contributed by atoms with Gasteiger partial charge in [0, 0.05) is 29.0 Å². The molecule has 1 aromatic heterocycles. The molecule has 0 atom stereocenters. The third kappa shape index (κ3) is 3.42. The smallest absolute Gasteiger partial charge is 0.251 e. The summed E-state index contributed by atoms with van der Waals surface area (Å²) >= 11 is 3.33. The van der Waals surface area contributed by atoms with Crippen LogP contribution in [0.4, 0.5) is 0 Å². The number of benzene rings is 1. The molecule has 1 N–H and O–H groups in total. The number of carbonyl (C=O) groups is 1. The van der Waals surface area contributed by atoms with Gasteiger partial charge in [0.15, 0.2) is 0 Å². The zero-order valence-electron chi connectivity index (χ0n) is 9.14. The number of carbonyl (C=O) groups excluding carboxylic acids is 1. The Morgan fingerprint density at radius 3 is 2.76 bits per heavy atom. The summed E-state index contributed by atoms with van der Waals surface area (Å²) in [6.07, 6.45) is 3.59. The van der Waals surface area contributed by atoms with Gasteiger partial charge in [0.1, 0.15) is 0 Å². The minimum absolute atomic E-state index is 0.0651. The minimum Gasteiger partial charge on any atom is -0.350 e. The van der Waals surface area contributed by atoms with E-state index in [1.54, 1.807) is 23.0 Å². The summed E-state index contributed by atoms with van der Waals surface area (Å²) in [4.78, 5) is 11.7. The zero-order chi connectivity index (χ0) is 12.1. The lowest BCUT2D eigenvalue weighted by Crippen LogP contribution is -2.27. The van der Waals surface area contributed by atoms with Crippen LogP contribution in [0.2, 0.25) is 0 Å². The van der Waals surface area contributed by atoms with Crippen LogP contribution >= 0.6 is 15.9 Å². The molecule has 0 saturated heterocycles. The third-order valence-electron chi connectivity index (χ3n) is 2.29. The van der Waals surface area contributed by atoms with Gasteiger partial charge in [0.25, 0.3) is 5.91 Å². The predicted molar refractivity (Wildman–Crippen MR) is 68.7 cm³/mol. The first-order valence-corrected chi connectivity index (χ1v) is 6.06. The molecule has 2 rings (SSSR count). The lowest BCUT2D eigenvalue weighted by atomic mass is 10.2. The quantitative estimate of drug-likeness (QED) is 0.938. The molecule has 4 nitrogen and oxygen atoms in total. The Balaban J connectivity index is 1.83. The molecule has 1 amide bonds. The second-order valence-electron chi connectivity index (χ2n) is 3.53. The van der Waals surface area contributed by atoms with Gasteiger partial charge in [-0.25, -0.2) is 0 Å². The van der Waals surface area contributed by atoms with Crippen LogP contribution in [0, 0.1) is 0 Å². The van der Waals surface area contributed by atoms with Crippen molar-refractivity contribution in [3.05, 3.63) is 52.8 Å². The first-order chi connectivity index (χ1) is 8.25. The van der Waals surface area contributed by atoms with Crippen molar-refractivity contribution in [2.24, 2.45) is 0 Å². The molecule has 88 valence electrons. The highest BCUT2D eigenvalue weighted by molar-refractivity contribution is 9.10. The molecule has 1 aromatic carbocycles. The van der Waals surface area contributed by atoms with E-state index in [9.17, 15) is 4.79 Å². The molecule has 0 saturated carbocycles. The molecule has 2 aromatic rings. The number of nitrogens with one attached hydrogen (secondary N) is 1. The molecule has 0 fully saturated rings. The summed E-state index contributed by atoms with van der Waals surface area (Å²) in [7, 11) is 0. The predicted octanol–water partition coefficient (Wildman–Crippen LogP) is 2.08. The van der Waals surface area contributed by atoms with Gasteiger partial charge in [-0.05, 0) is 30.3 Å². The van der Waals surface area contributed by atoms with E-state index in [-0.39, 0.29) is 5.91 Å². The second kappa shape index (κ2) is 5.63. The van der Waals surface area contributed by atoms with Gasteiger partial charge in [0.05, 0.1) is 6.54 Å². The number of rotatable bonds is 4. The highest BCUT2D eigenvalue weighted by Gasteiger charge is 2.03. The molecule has 0 aliphatic rings. The second-order valence-corrected chi connectivity index (χ2v) is 4.45.